The van der Waals surface area contributed by atoms with E-state index in [9.17, 15) is 9.59 Å². The molecule has 29 heavy (non-hydrogen) atoms. The van der Waals surface area contributed by atoms with Crippen LogP contribution in [0, 0.1) is 0 Å². The third-order valence-electron chi connectivity index (χ3n) is 4.64. The molecule has 2 aromatic rings. The molecule has 1 aliphatic rings. The Bertz CT molecular complexity index is 890. The number of hydrogen-bond acceptors (Lipinski definition) is 5. The summed E-state index contributed by atoms with van der Waals surface area (Å²) in [7, 11) is 3.11. The lowest BCUT2D eigenvalue weighted by Crippen LogP contribution is -2.48. The van der Waals surface area contributed by atoms with Gasteiger partial charge in [-0.15, -0.1) is 0 Å². The average Bonchev–Trinajstić information content (AvgIpc) is 2.79. The molecule has 0 atom stereocenters. The molecule has 0 radical (unpaired) electrons. The van der Waals surface area contributed by atoms with Gasteiger partial charge in [0, 0.05) is 31.7 Å². The Balaban J connectivity index is 1.92. The number of carbonyl (C=O) groups is 2. The number of amides is 2. The van der Waals surface area contributed by atoms with Crippen molar-refractivity contribution in [2.75, 3.05) is 40.4 Å². The predicted molar refractivity (Wildman–Crippen MR) is 111 cm³/mol. The van der Waals surface area contributed by atoms with Crippen LogP contribution in [0.4, 0.5) is 0 Å². The van der Waals surface area contributed by atoms with Gasteiger partial charge in [-0.05, 0) is 35.9 Å². The van der Waals surface area contributed by atoms with Crippen molar-refractivity contribution in [3.8, 4) is 11.5 Å². The van der Waals surface area contributed by atoms with Crippen LogP contribution in [-0.2, 0) is 4.79 Å². The standard InChI is InChI=1S/C22H25N3O4/c1-28-19-9-8-16(15-20(19)29-2)14-18(22(27)25-12-10-23-11-13-25)24-21(26)17-6-4-3-5-7-17/h3-9,14-15,23H,10-13H2,1-2H3,(H,24,26)/b18-14+. The van der Waals surface area contributed by atoms with Crippen molar-refractivity contribution in [1.82, 2.24) is 15.5 Å². The van der Waals surface area contributed by atoms with Gasteiger partial charge in [-0.3, -0.25) is 9.59 Å². The van der Waals surface area contributed by atoms with Crippen LogP contribution < -0.4 is 20.1 Å². The summed E-state index contributed by atoms with van der Waals surface area (Å²) >= 11 is 0. The van der Waals surface area contributed by atoms with Gasteiger partial charge in [0.05, 0.1) is 14.2 Å². The quantitative estimate of drug-likeness (QED) is 0.731. The normalized spacial score (nSPS) is 14.3. The SMILES string of the molecule is COc1ccc(/C=C(/NC(=O)c2ccccc2)C(=O)N2CCNCC2)cc1OC. The third-order valence-corrected chi connectivity index (χ3v) is 4.64. The number of benzene rings is 2. The minimum absolute atomic E-state index is 0.216. The summed E-state index contributed by atoms with van der Waals surface area (Å²) in [5.74, 6) is 0.587. The number of carbonyl (C=O) groups excluding carboxylic acids is 2. The van der Waals surface area contributed by atoms with Crippen LogP contribution in [0.1, 0.15) is 15.9 Å². The molecule has 2 amide bonds. The lowest BCUT2D eigenvalue weighted by molar-refractivity contribution is -0.127. The van der Waals surface area contributed by atoms with Gasteiger partial charge < -0.3 is 25.0 Å². The zero-order chi connectivity index (χ0) is 20.6. The molecular formula is C22H25N3O4. The van der Waals surface area contributed by atoms with Gasteiger partial charge >= 0.3 is 0 Å². The second-order valence-electron chi connectivity index (χ2n) is 6.53. The maximum atomic E-state index is 13.1. The maximum Gasteiger partial charge on any atom is 0.270 e. The van der Waals surface area contributed by atoms with Crippen molar-refractivity contribution in [3.05, 3.63) is 65.4 Å². The predicted octanol–water partition coefficient (Wildman–Crippen LogP) is 1.91. The molecule has 1 fully saturated rings. The van der Waals surface area contributed by atoms with Crippen molar-refractivity contribution < 1.29 is 19.1 Å². The highest BCUT2D eigenvalue weighted by Crippen LogP contribution is 2.28. The van der Waals surface area contributed by atoms with E-state index < -0.39 is 0 Å². The van der Waals surface area contributed by atoms with E-state index in [2.05, 4.69) is 10.6 Å². The largest absolute Gasteiger partial charge is 0.493 e. The summed E-state index contributed by atoms with van der Waals surface area (Å²) in [5, 5.41) is 6.00. The number of hydrogen-bond donors (Lipinski definition) is 2. The zero-order valence-electron chi connectivity index (χ0n) is 16.6. The molecule has 2 N–H and O–H groups in total. The molecule has 0 unspecified atom stereocenters. The van der Waals surface area contributed by atoms with Crippen molar-refractivity contribution in [2.24, 2.45) is 0 Å². The first-order valence-electron chi connectivity index (χ1n) is 9.42. The molecule has 0 bridgehead atoms. The molecule has 1 saturated heterocycles. The molecule has 152 valence electrons. The second kappa shape index (κ2) is 9.75. The molecule has 1 aliphatic heterocycles. The molecule has 0 aromatic heterocycles. The monoisotopic (exact) mass is 395 g/mol. The molecule has 7 heteroatoms. The Morgan fingerprint density at radius 3 is 2.34 bits per heavy atom. The number of methoxy groups -OCH3 is 2. The lowest BCUT2D eigenvalue weighted by Gasteiger charge is -2.28. The number of piperazine rings is 1. The van der Waals surface area contributed by atoms with Gasteiger partial charge in [-0.25, -0.2) is 0 Å². The first kappa shape index (κ1) is 20.4. The Morgan fingerprint density at radius 1 is 1.00 bits per heavy atom. The summed E-state index contributed by atoms with van der Waals surface area (Å²) in [6.45, 7) is 2.62. The minimum atomic E-state index is -0.333. The Kier molecular flexibility index (Phi) is 6.86. The summed E-state index contributed by atoms with van der Waals surface area (Å²) in [4.78, 5) is 27.5. The molecular weight excluding hydrogens is 370 g/mol. The van der Waals surface area contributed by atoms with E-state index >= 15 is 0 Å². The van der Waals surface area contributed by atoms with Crippen LogP contribution in [0.3, 0.4) is 0 Å². The number of nitrogens with one attached hydrogen (secondary N) is 2. The maximum absolute atomic E-state index is 13.1. The minimum Gasteiger partial charge on any atom is -0.493 e. The molecule has 0 spiro atoms. The fourth-order valence-electron chi connectivity index (χ4n) is 3.08. The number of nitrogens with zero attached hydrogens (tertiary/aromatic N) is 1. The van der Waals surface area contributed by atoms with E-state index in [4.69, 9.17) is 9.47 Å². The Labute approximate surface area is 170 Å². The first-order chi connectivity index (χ1) is 14.1. The highest BCUT2D eigenvalue weighted by molar-refractivity contribution is 6.05. The smallest absolute Gasteiger partial charge is 0.270 e. The third kappa shape index (κ3) is 5.14. The highest BCUT2D eigenvalue weighted by atomic mass is 16.5. The molecule has 1 heterocycles. The van der Waals surface area contributed by atoms with E-state index in [0.717, 1.165) is 18.7 Å². The van der Waals surface area contributed by atoms with Crippen molar-refractivity contribution in [3.63, 3.8) is 0 Å². The number of ether oxygens (including phenoxy) is 2. The van der Waals surface area contributed by atoms with Gasteiger partial charge in [0.1, 0.15) is 5.70 Å². The van der Waals surface area contributed by atoms with Gasteiger partial charge in [0.2, 0.25) is 0 Å². The van der Waals surface area contributed by atoms with E-state index in [-0.39, 0.29) is 17.5 Å². The first-order valence-corrected chi connectivity index (χ1v) is 9.42. The molecule has 0 aliphatic carbocycles. The average molecular weight is 395 g/mol. The van der Waals surface area contributed by atoms with Crippen LogP contribution in [0.5, 0.6) is 11.5 Å². The van der Waals surface area contributed by atoms with Crippen molar-refractivity contribution >= 4 is 17.9 Å². The van der Waals surface area contributed by atoms with Crippen molar-refractivity contribution in [1.29, 1.82) is 0 Å². The van der Waals surface area contributed by atoms with Gasteiger partial charge in [-0.2, -0.15) is 0 Å². The second-order valence-corrected chi connectivity index (χ2v) is 6.53. The van der Waals surface area contributed by atoms with E-state index in [1.807, 2.05) is 6.07 Å². The highest BCUT2D eigenvalue weighted by Gasteiger charge is 2.22. The summed E-state index contributed by atoms with van der Waals surface area (Å²) < 4.78 is 10.6. The summed E-state index contributed by atoms with van der Waals surface area (Å²) in [6.07, 6.45) is 1.66. The fourth-order valence-corrected chi connectivity index (χ4v) is 3.08. The Hall–Kier alpha value is -3.32. The summed E-state index contributed by atoms with van der Waals surface area (Å²) in [5.41, 5.74) is 1.42. The van der Waals surface area contributed by atoms with E-state index in [1.54, 1.807) is 67.7 Å². The van der Waals surface area contributed by atoms with Gasteiger partial charge in [0.25, 0.3) is 11.8 Å². The molecule has 7 nitrogen and oxygen atoms in total. The topological polar surface area (TPSA) is 79.9 Å². The van der Waals surface area contributed by atoms with Crippen molar-refractivity contribution in [2.45, 2.75) is 0 Å². The summed E-state index contributed by atoms with van der Waals surface area (Å²) in [6, 6.07) is 14.1. The van der Waals surface area contributed by atoms with Crippen LogP contribution in [0.15, 0.2) is 54.2 Å². The Morgan fingerprint density at radius 2 is 1.69 bits per heavy atom. The van der Waals surface area contributed by atoms with Gasteiger partial charge in [-0.1, -0.05) is 24.3 Å². The van der Waals surface area contributed by atoms with E-state index in [0.29, 0.717) is 30.2 Å². The van der Waals surface area contributed by atoms with Crippen LogP contribution in [0.25, 0.3) is 6.08 Å². The fraction of sp³-hybridized carbons (Fsp3) is 0.273. The van der Waals surface area contributed by atoms with Crippen LogP contribution in [0.2, 0.25) is 0 Å². The van der Waals surface area contributed by atoms with E-state index in [1.165, 1.54) is 0 Å². The number of rotatable bonds is 6. The van der Waals surface area contributed by atoms with Crippen LogP contribution in [-0.4, -0.2) is 57.1 Å². The molecule has 2 aromatic carbocycles. The zero-order valence-corrected chi connectivity index (χ0v) is 16.6. The molecule has 0 saturated carbocycles. The van der Waals surface area contributed by atoms with Crippen LogP contribution >= 0.6 is 0 Å². The van der Waals surface area contributed by atoms with Gasteiger partial charge in [0.15, 0.2) is 11.5 Å². The molecule has 3 rings (SSSR count). The lowest BCUT2D eigenvalue weighted by atomic mass is 10.1.